The minimum atomic E-state index is -3.79. The van der Waals surface area contributed by atoms with Gasteiger partial charge in [0.25, 0.3) is 10.0 Å². The fraction of sp³-hybridized carbons (Fsp3) is 0.211. The lowest BCUT2D eigenvalue weighted by molar-refractivity contribution is 0.588. The Hall–Kier alpha value is -2.24. The number of halogens is 2. The molecule has 0 aliphatic carbocycles. The van der Waals surface area contributed by atoms with Gasteiger partial charge in [-0.3, -0.25) is 0 Å². The first-order chi connectivity index (χ1) is 13.0. The number of aromatic nitrogens is 1. The van der Waals surface area contributed by atoms with Crippen LogP contribution in [0.1, 0.15) is 5.56 Å². The molecule has 1 saturated heterocycles. The van der Waals surface area contributed by atoms with Gasteiger partial charge in [-0.15, -0.1) is 12.4 Å². The minimum Gasteiger partial charge on any atom is -0.367 e. The van der Waals surface area contributed by atoms with Gasteiger partial charge in [0.15, 0.2) is 0 Å². The van der Waals surface area contributed by atoms with Gasteiger partial charge in [-0.2, -0.15) is 5.26 Å². The van der Waals surface area contributed by atoms with Crippen molar-refractivity contribution in [3.8, 4) is 6.07 Å². The van der Waals surface area contributed by atoms with Crippen LogP contribution in [0.15, 0.2) is 53.6 Å². The standard InChI is InChI=1S/C19H17ClN4O2S.ClH/c20-15-2-1-3-16(12-15)27(25,26)24-9-6-17-18(24)5-4-14(13-21)19(17)23-10-7-22-8-11-23;/h1-6,9,12,22H,7-8,10-11H2;1H. The summed E-state index contributed by atoms with van der Waals surface area (Å²) in [5, 5.41) is 14.0. The summed E-state index contributed by atoms with van der Waals surface area (Å²) in [6, 6.07) is 13.6. The van der Waals surface area contributed by atoms with E-state index in [-0.39, 0.29) is 17.3 Å². The van der Waals surface area contributed by atoms with Crippen LogP contribution in [-0.2, 0) is 10.0 Å². The highest BCUT2D eigenvalue weighted by molar-refractivity contribution is 7.90. The molecule has 1 aliphatic rings. The summed E-state index contributed by atoms with van der Waals surface area (Å²) in [6.45, 7) is 3.17. The van der Waals surface area contributed by atoms with Crippen LogP contribution in [-0.4, -0.2) is 38.6 Å². The first-order valence-corrected chi connectivity index (χ1v) is 10.3. The number of fused-ring (bicyclic) bond motifs is 1. The summed E-state index contributed by atoms with van der Waals surface area (Å²) in [5.41, 5.74) is 1.88. The van der Waals surface area contributed by atoms with E-state index in [1.54, 1.807) is 30.3 Å². The molecule has 1 aromatic heterocycles. The van der Waals surface area contributed by atoms with Gasteiger partial charge in [0, 0.05) is 42.8 Å². The molecule has 0 amide bonds. The van der Waals surface area contributed by atoms with Crippen LogP contribution < -0.4 is 10.2 Å². The van der Waals surface area contributed by atoms with E-state index in [0.717, 1.165) is 37.3 Å². The summed E-state index contributed by atoms with van der Waals surface area (Å²) >= 11 is 5.97. The number of nitrogens with zero attached hydrogens (tertiary/aromatic N) is 3. The molecule has 6 nitrogen and oxygen atoms in total. The zero-order valence-electron chi connectivity index (χ0n) is 14.8. The first kappa shape index (κ1) is 20.5. The summed E-state index contributed by atoms with van der Waals surface area (Å²) in [4.78, 5) is 2.26. The van der Waals surface area contributed by atoms with E-state index in [9.17, 15) is 13.7 Å². The Morgan fingerprint density at radius 1 is 1.11 bits per heavy atom. The normalized spacial score (nSPS) is 14.5. The molecule has 0 spiro atoms. The zero-order chi connectivity index (χ0) is 19.0. The van der Waals surface area contributed by atoms with E-state index in [1.807, 2.05) is 0 Å². The third-order valence-corrected chi connectivity index (χ3v) is 6.64. The third-order valence-electron chi connectivity index (χ3n) is 4.71. The fourth-order valence-electron chi connectivity index (χ4n) is 3.45. The molecule has 9 heteroatoms. The molecule has 2 heterocycles. The molecule has 1 N–H and O–H groups in total. The average Bonchev–Trinajstić information content (AvgIpc) is 3.12. The molecule has 3 aromatic rings. The lowest BCUT2D eigenvalue weighted by Gasteiger charge is -2.30. The number of piperazine rings is 1. The van der Waals surface area contributed by atoms with Gasteiger partial charge < -0.3 is 10.2 Å². The molecule has 0 saturated carbocycles. The summed E-state index contributed by atoms with van der Waals surface area (Å²) in [5.74, 6) is 0. The van der Waals surface area contributed by atoms with Crippen molar-refractivity contribution in [3.63, 3.8) is 0 Å². The molecule has 2 aromatic carbocycles. The molecule has 0 radical (unpaired) electrons. The molecule has 1 aliphatic heterocycles. The first-order valence-electron chi connectivity index (χ1n) is 8.53. The van der Waals surface area contributed by atoms with E-state index in [0.29, 0.717) is 16.1 Å². The quantitative estimate of drug-likeness (QED) is 0.681. The Bertz CT molecular complexity index is 1160. The number of nitrogens with one attached hydrogen (secondary N) is 1. The zero-order valence-corrected chi connectivity index (χ0v) is 17.2. The maximum atomic E-state index is 13.1. The lowest BCUT2D eigenvalue weighted by atomic mass is 10.1. The van der Waals surface area contributed by atoms with Crippen molar-refractivity contribution in [3.05, 3.63) is 59.2 Å². The smallest absolute Gasteiger partial charge is 0.268 e. The summed E-state index contributed by atoms with van der Waals surface area (Å²) in [7, 11) is -3.79. The molecule has 0 bridgehead atoms. The Morgan fingerprint density at radius 2 is 1.86 bits per heavy atom. The highest BCUT2D eigenvalue weighted by Crippen LogP contribution is 2.33. The minimum absolute atomic E-state index is 0. The van der Waals surface area contributed by atoms with E-state index in [4.69, 9.17) is 11.6 Å². The lowest BCUT2D eigenvalue weighted by Crippen LogP contribution is -2.43. The molecular weight excluding hydrogens is 419 g/mol. The monoisotopic (exact) mass is 436 g/mol. The topological polar surface area (TPSA) is 78.1 Å². The van der Waals surface area contributed by atoms with Gasteiger partial charge >= 0.3 is 0 Å². The molecular formula is C19H18Cl2N4O2S. The molecule has 0 unspecified atom stereocenters. The fourth-order valence-corrected chi connectivity index (χ4v) is 5.09. The van der Waals surface area contributed by atoms with Crippen molar-refractivity contribution < 1.29 is 8.42 Å². The number of hydrogen-bond donors (Lipinski definition) is 1. The number of nitriles is 1. The Labute approximate surface area is 174 Å². The van der Waals surface area contributed by atoms with Gasteiger partial charge in [0.2, 0.25) is 0 Å². The van der Waals surface area contributed by atoms with Crippen LogP contribution in [0.25, 0.3) is 10.9 Å². The molecule has 28 heavy (non-hydrogen) atoms. The van der Waals surface area contributed by atoms with Gasteiger partial charge in [0.05, 0.1) is 21.7 Å². The van der Waals surface area contributed by atoms with Crippen LogP contribution in [0, 0.1) is 11.3 Å². The van der Waals surface area contributed by atoms with Gasteiger partial charge in [-0.1, -0.05) is 17.7 Å². The summed E-state index contributed by atoms with van der Waals surface area (Å²) < 4.78 is 27.5. The third kappa shape index (κ3) is 3.45. The van der Waals surface area contributed by atoms with Crippen molar-refractivity contribution in [1.29, 1.82) is 5.26 Å². The Kier molecular flexibility index (Phi) is 5.87. The van der Waals surface area contributed by atoms with Gasteiger partial charge in [-0.25, -0.2) is 12.4 Å². The maximum Gasteiger partial charge on any atom is 0.268 e. The Morgan fingerprint density at radius 3 is 2.54 bits per heavy atom. The average molecular weight is 437 g/mol. The van der Waals surface area contributed by atoms with Gasteiger partial charge in [-0.05, 0) is 36.4 Å². The SMILES string of the molecule is Cl.N#Cc1ccc2c(ccn2S(=O)(=O)c2cccc(Cl)c2)c1N1CCNCC1. The summed E-state index contributed by atoms with van der Waals surface area (Å²) in [6.07, 6.45) is 1.54. The Balaban J connectivity index is 0.00000225. The molecule has 0 atom stereocenters. The van der Waals surface area contributed by atoms with E-state index >= 15 is 0 Å². The highest BCUT2D eigenvalue weighted by atomic mass is 35.5. The second-order valence-electron chi connectivity index (χ2n) is 6.32. The van der Waals surface area contributed by atoms with Crippen molar-refractivity contribution in [2.75, 3.05) is 31.1 Å². The van der Waals surface area contributed by atoms with Crippen molar-refractivity contribution >= 4 is 50.6 Å². The predicted octanol–water partition coefficient (Wildman–Crippen LogP) is 3.23. The van der Waals surface area contributed by atoms with Crippen LogP contribution in [0.4, 0.5) is 5.69 Å². The van der Waals surface area contributed by atoms with Crippen LogP contribution in [0.3, 0.4) is 0 Å². The largest absolute Gasteiger partial charge is 0.367 e. The molecule has 4 rings (SSSR count). The number of benzene rings is 2. The van der Waals surface area contributed by atoms with Crippen molar-refractivity contribution in [2.24, 2.45) is 0 Å². The predicted molar refractivity (Wildman–Crippen MR) is 113 cm³/mol. The van der Waals surface area contributed by atoms with Crippen LogP contribution >= 0.6 is 24.0 Å². The number of rotatable bonds is 3. The van der Waals surface area contributed by atoms with E-state index in [2.05, 4.69) is 16.3 Å². The molecule has 146 valence electrons. The van der Waals surface area contributed by atoms with E-state index < -0.39 is 10.0 Å². The van der Waals surface area contributed by atoms with Crippen LogP contribution in [0.5, 0.6) is 0 Å². The van der Waals surface area contributed by atoms with Crippen LogP contribution in [0.2, 0.25) is 5.02 Å². The van der Waals surface area contributed by atoms with Crippen molar-refractivity contribution in [2.45, 2.75) is 4.90 Å². The number of anilines is 1. The molecule has 1 fully saturated rings. The highest BCUT2D eigenvalue weighted by Gasteiger charge is 2.23. The maximum absolute atomic E-state index is 13.1. The van der Waals surface area contributed by atoms with Crippen molar-refractivity contribution in [1.82, 2.24) is 9.29 Å². The van der Waals surface area contributed by atoms with Gasteiger partial charge in [0.1, 0.15) is 6.07 Å². The second kappa shape index (κ2) is 8.02. The van der Waals surface area contributed by atoms with E-state index in [1.165, 1.54) is 22.3 Å². The number of hydrogen-bond acceptors (Lipinski definition) is 5. The second-order valence-corrected chi connectivity index (χ2v) is 8.57.